The van der Waals surface area contributed by atoms with Crippen LogP contribution in [0.4, 0.5) is 5.82 Å². The van der Waals surface area contributed by atoms with Crippen molar-refractivity contribution in [2.24, 2.45) is 13.0 Å². The first-order chi connectivity index (χ1) is 8.43. The van der Waals surface area contributed by atoms with Gasteiger partial charge >= 0.3 is 0 Å². The second-order valence-electron chi connectivity index (χ2n) is 4.23. The lowest BCUT2D eigenvalue weighted by Crippen LogP contribution is -2.25. The van der Waals surface area contributed by atoms with Crippen LogP contribution >= 0.6 is 0 Å². The number of carbonyl (C=O) groups is 1. The molecule has 1 fully saturated rings. The number of sulfone groups is 1. The van der Waals surface area contributed by atoms with Crippen molar-refractivity contribution in [2.75, 3.05) is 16.8 Å². The van der Waals surface area contributed by atoms with Crippen LogP contribution in [0.3, 0.4) is 0 Å². The number of nitrogens with one attached hydrogen (secondary N) is 1. The van der Waals surface area contributed by atoms with Gasteiger partial charge in [-0.2, -0.15) is 10.4 Å². The van der Waals surface area contributed by atoms with Crippen molar-refractivity contribution in [1.29, 1.82) is 5.26 Å². The molecule has 1 aromatic rings. The van der Waals surface area contributed by atoms with E-state index in [0.717, 1.165) is 0 Å². The van der Waals surface area contributed by atoms with Crippen molar-refractivity contribution in [3.63, 3.8) is 0 Å². The lowest BCUT2D eigenvalue weighted by Gasteiger charge is -2.09. The van der Waals surface area contributed by atoms with Crippen molar-refractivity contribution < 1.29 is 13.2 Å². The molecule has 0 bridgehead atoms. The molecule has 7 nitrogen and oxygen atoms in total. The third kappa shape index (κ3) is 2.36. The molecule has 8 heteroatoms. The number of aryl methyl sites for hydroxylation is 1. The number of aromatic nitrogens is 2. The molecule has 2 rings (SSSR count). The molecule has 1 aliphatic rings. The Morgan fingerprint density at radius 2 is 2.39 bits per heavy atom. The fraction of sp³-hybridized carbons (Fsp3) is 0.500. The first kappa shape index (κ1) is 12.6. The predicted octanol–water partition coefficient (Wildman–Crippen LogP) is -0.335. The summed E-state index contributed by atoms with van der Waals surface area (Å²) in [6.07, 6.45) is 1.68. The lowest BCUT2D eigenvalue weighted by atomic mass is 10.1. The van der Waals surface area contributed by atoms with Gasteiger partial charge in [0.05, 0.1) is 23.6 Å². The molecule has 0 spiro atoms. The van der Waals surface area contributed by atoms with E-state index >= 15 is 0 Å². The summed E-state index contributed by atoms with van der Waals surface area (Å²) < 4.78 is 24.0. The zero-order valence-corrected chi connectivity index (χ0v) is 10.6. The smallest absolute Gasteiger partial charge is 0.229 e. The van der Waals surface area contributed by atoms with E-state index in [1.807, 2.05) is 6.07 Å². The highest BCUT2D eigenvalue weighted by molar-refractivity contribution is 7.91. The van der Waals surface area contributed by atoms with Crippen molar-refractivity contribution >= 4 is 21.6 Å². The Balaban J connectivity index is 2.13. The number of hydrogen-bond donors (Lipinski definition) is 1. The standard InChI is InChI=1S/C10H12N4O3S/c1-14-9(8(4-11)5-12-14)13-10(15)7-2-3-18(16,17)6-7/h5,7H,2-3,6H2,1H3,(H,13,15). The molecule has 1 saturated heterocycles. The summed E-state index contributed by atoms with van der Waals surface area (Å²) in [5.41, 5.74) is 0.256. The van der Waals surface area contributed by atoms with Crippen molar-refractivity contribution in [1.82, 2.24) is 9.78 Å². The number of nitrogens with zero attached hydrogens (tertiary/aromatic N) is 3. The highest BCUT2D eigenvalue weighted by Crippen LogP contribution is 2.21. The average molecular weight is 268 g/mol. The Bertz CT molecular complexity index is 626. The minimum absolute atomic E-state index is 0.0432. The topological polar surface area (TPSA) is 105 Å². The van der Waals surface area contributed by atoms with Crippen LogP contribution in [0.25, 0.3) is 0 Å². The number of nitriles is 1. The van der Waals surface area contributed by atoms with Gasteiger partial charge in [0, 0.05) is 7.05 Å². The molecule has 1 aliphatic heterocycles. The van der Waals surface area contributed by atoms with Gasteiger partial charge in [-0.25, -0.2) is 8.42 Å². The van der Waals surface area contributed by atoms with E-state index < -0.39 is 15.8 Å². The van der Waals surface area contributed by atoms with E-state index in [4.69, 9.17) is 5.26 Å². The average Bonchev–Trinajstić information content (AvgIpc) is 2.83. The summed E-state index contributed by atoms with van der Waals surface area (Å²) in [5, 5.41) is 15.3. The predicted molar refractivity (Wildman–Crippen MR) is 63.3 cm³/mol. The fourth-order valence-corrected chi connectivity index (χ4v) is 3.63. The second-order valence-corrected chi connectivity index (χ2v) is 6.46. The van der Waals surface area contributed by atoms with E-state index in [1.54, 1.807) is 7.05 Å². The zero-order chi connectivity index (χ0) is 13.3. The first-order valence-electron chi connectivity index (χ1n) is 5.36. The van der Waals surface area contributed by atoms with Crippen LogP contribution in [-0.4, -0.2) is 35.6 Å². The van der Waals surface area contributed by atoms with Gasteiger partial charge < -0.3 is 5.32 Å². The second kappa shape index (κ2) is 4.42. The summed E-state index contributed by atoms with van der Waals surface area (Å²) in [7, 11) is -1.49. The number of anilines is 1. The molecule has 1 amide bonds. The molecule has 0 aliphatic carbocycles. The Labute approximate surface area is 104 Å². The number of amides is 1. The van der Waals surface area contributed by atoms with Crippen LogP contribution in [-0.2, 0) is 21.7 Å². The van der Waals surface area contributed by atoms with E-state index in [2.05, 4.69) is 10.4 Å². The molecule has 1 unspecified atom stereocenters. The normalized spacial score (nSPS) is 21.4. The van der Waals surface area contributed by atoms with Gasteiger partial charge in [-0.1, -0.05) is 0 Å². The fourth-order valence-electron chi connectivity index (χ4n) is 1.89. The van der Waals surface area contributed by atoms with E-state index in [0.29, 0.717) is 12.2 Å². The molecule has 1 atom stereocenters. The first-order valence-corrected chi connectivity index (χ1v) is 7.18. The molecule has 0 saturated carbocycles. The number of hydrogen-bond acceptors (Lipinski definition) is 5. The molecule has 1 N–H and O–H groups in total. The Morgan fingerprint density at radius 1 is 1.67 bits per heavy atom. The number of carbonyl (C=O) groups excluding carboxylic acids is 1. The molecule has 2 heterocycles. The van der Waals surface area contributed by atoms with Crippen LogP contribution in [0.15, 0.2) is 6.20 Å². The van der Waals surface area contributed by atoms with E-state index in [-0.39, 0.29) is 23.0 Å². The van der Waals surface area contributed by atoms with Gasteiger partial charge in [-0.15, -0.1) is 0 Å². The maximum atomic E-state index is 11.9. The molecule has 0 radical (unpaired) electrons. The van der Waals surface area contributed by atoms with Gasteiger partial charge in [0.1, 0.15) is 17.5 Å². The van der Waals surface area contributed by atoms with Gasteiger partial charge in [0.15, 0.2) is 9.84 Å². The maximum absolute atomic E-state index is 11.9. The monoisotopic (exact) mass is 268 g/mol. The summed E-state index contributed by atoms with van der Waals surface area (Å²) >= 11 is 0. The van der Waals surface area contributed by atoms with Gasteiger partial charge in [0.25, 0.3) is 0 Å². The highest BCUT2D eigenvalue weighted by atomic mass is 32.2. The van der Waals surface area contributed by atoms with Gasteiger partial charge in [-0.05, 0) is 6.42 Å². The quantitative estimate of drug-likeness (QED) is 0.790. The number of rotatable bonds is 2. The zero-order valence-electron chi connectivity index (χ0n) is 9.75. The van der Waals surface area contributed by atoms with Crippen LogP contribution in [0.2, 0.25) is 0 Å². The van der Waals surface area contributed by atoms with Crippen molar-refractivity contribution in [3.05, 3.63) is 11.8 Å². The van der Waals surface area contributed by atoms with Gasteiger partial charge in [0.2, 0.25) is 5.91 Å². The molecule has 1 aromatic heterocycles. The molecule has 96 valence electrons. The molecular formula is C10H12N4O3S. The molecule has 0 aromatic carbocycles. The van der Waals surface area contributed by atoms with Crippen LogP contribution in [0, 0.1) is 17.2 Å². The third-order valence-electron chi connectivity index (χ3n) is 2.90. The summed E-state index contributed by atoms with van der Waals surface area (Å²) in [6, 6.07) is 1.91. The minimum Gasteiger partial charge on any atom is -0.310 e. The SMILES string of the molecule is Cn1ncc(C#N)c1NC(=O)C1CCS(=O)(=O)C1. The van der Waals surface area contributed by atoms with E-state index in [9.17, 15) is 13.2 Å². The Kier molecular flexibility index (Phi) is 3.09. The maximum Gasteiger partial charge on any atom is 0.229 e. The van der Waals surface area contributed by atoms with Crippen LogP contribution in [0.5, 0.6) is 0 Å². The third-order valence-corrected chi connectivity index (χ3v) is 4.67. The molecular weight excluding hydrogens is 256 g/mol. The minimum atomic E-state index is -3.09. The highest BCUT2D eigenvalue weighted by Gasteiger charge is 2.33. The van der Waals surface area contributed by atoms with Gasteiger partial charge in [-0.3, -0.25) is 9.48 Å². The Hall–Kier alpha value is -1.88. The lowest BCUT2D eigenvalue weighted by molar-refractivity contribution is -0.119. The Morgan fingerprint density at radius 3 is 2.94 bits per heavy atom. The largest absolute Gasteiger partial charge is 0.310 e. The van der Waals surface area contributed by atoms with Crippen LogP contribution in [0.1, 0.15) is 12.0 Å². The van der Waals surface area contributed by atoms with Crippen molar-refractivity contribution in [3.8, 4) is 6.07 Å². The summed E-state index contributed by atoms with van der Waals surface area (Å²) in [6.45, 7) is 0. The van der Waals surface area contributed by atoms with Crippen LogP contribution < -0.4 is 5.32 Å². The molecule has 18 heavy (non-hydrogen) atoms. The summed E-state index contributed by atoms with van der Waals surface area (Å²) in [4.78, 5) is 11.9. The van der Waals surface area contributed by atoms with E-state index in [1.165, 1.54) is 10.9 Å². The van der Waals surface area contributed by atoms with Crippen molar-refractivity contribution in [2.45, 2.75) is 6.42 Å². The summed E-state index contributed by atoms with van der Waals surface area (Å²) in [5.74, 6) is -0.709.